The number of hydrogen-bond donors (Lipinski definition) is 0. The number of para-hydroxylation sites is 2. The second kappa shape index (κ2) is 13.8. The van der Waals surface area contributed by atoms with Gasteiger partial charge in [0.1, 0.15) is 0 Å². The second-order valence-electron chi connectivity index (χ2n) is 18.0. The van der Waals surface area contributed by atoms with Gasteiger partial charge in [0.05, 0.1) is 11.1 Å². The standard InChI is InChI=1S/C62H44N2/c1-61(2)53-27-14-11-24-48(53)50-36-35-47(39-57(50)61)64(44-22-7-4-8-23-44)59-31-17-30-56-60(59)52-26-13-16-29-55(52)62(56)54-28-15-12-25-49(54)51-37-34-46(40-58(51)62)63(43-20-5-3-6-21-43)45-33-32-41-18-9-10-19-42(41)38-45/h3-40H,1-2H3. The molecule has 0 aliphatic heterocycles. The Labute approximate surface area is 375 Å². The molecule has 3 aliphatic rings. The molecular formula is C62H44N2. The van der Waals surface area contributed by atoms with E-state index in [4.69, 9.17) is 0 Å². The molecule has 0 amide bonds. The van der Waals surface area contributed by atoms with E-state index in [1.807, 2.05) is 0 Å². The van der Waals surface area contributed by atoms with Gasteiger partial charge in [-0.25, -0.2) is 0 Å². The zero-order valence-electron chi connectivity index (χ0n) is 35.8. The number of anilines is 6. The predicted molar refractivity (Wildman–Crippen MR) is 267 cm³/mol. The van der Waals surface area contributed by atoms with Crippen LogP contribution in [0.5, 0.6) is 0 Å². The van der Waals surface area contributed by atoms with Crippen molar-refractivity contribution < 1.29 is 0 Å². The number of rotatable bonds is 6. The molecular weight excluding hydrogens is 773 g/mol. The van der Waals surface area contributed by atoms with E-state index in [9.17, 15) is 0 Å². The molecule has 0 aromatic heterocycles. The van der Waals surface area contributed by atoms with Crippen molar-refractivity contribution >= 4 is 44.9 Å². The molecule has 3 aliphatic carbocycles. The van der Waals surface area contributed by atoms with Gasteiger partial charge in [0.2, 0.25) is 0 Å². The van der Waals surface area contributed by atoms with Crippen LogP contribution in [0.15, 0.2) is 231 Å². The van der Waals surface area contributed by atoms with E-state index in [-0.39, 0.29) is 5.41 Å². The van der Waals surface area contributed by atoms with Crippen molar-refractivity contribution in [3.05, 3.63) is 264 Å². The van der Waals surface area contributed by atoms with Gasteiger partial charge in [0.15, 0.2) is 0 Å². The van der Waals surface area contributed by atoms with Gasteiger partial charge in [-0.1, -0.05) is 178 Å². The first kappa shape index (κ1) is 36.7. The van der Waals surface area contributed by atoms with Crippen molar-refractivity contribution in [3.63, 3.8) is 0 Å². The average molecular weight is 817 g/mol. The minimum absolute atomic E-state index is 0.130. The van der Waals surface area contributed by atoms with Gasteiger partial charge in [-0.05, 0) is 139 Å². The first-order valence-electron chi connectivity index (χ1n) is 22.4. The highest BCUT2D eigenvalue weighted by atomic mass is 15.2. The number of fused-ring (bicyclic) bond motifs is 14. The first-order valence-corrected chi connectivity index (χ1v) is 22.4. The Balaban J connectivity index is 1.06. The molecule has 0 bridgehead atoms. The maximum Gasteiger partial charge on any atom is 0.0727 e. The van der Waals surface area contributed by atoms with E-state index in [0.29, 0.717) is 0 Å². The van der Waals surface area contributed by atoms with Gasteiger partial charge in [0, 0.05) is 39.4 Å². The molecule has 10 aromatic rings. The lowest BCUT2D eigenvalue weighted by molar-refractivity contribution is 0.660. The van der Waals surface area contributed by atoms with Gasteiger partial charge < -0.3 is 9.80 Å². The maximum absolute atomic E-state index is 2.50. The van der Waals surface area contributed by atoms with Crippen molar-refractivity contribution in [1.29, 1.82) is 0 Å². The summed E-state index contributed by atoms with van der Waals surface area (Å²) in [5.41, 5.74) is 21.9. The Hall–Kier alpha value is -7.94. The van der Waals surface area contributed by atoms with Crippen molar-refractivity contribution in [2.45, 2.75) is 24.7 Å². The third-order valence-electron chi connectivity index (χ3n) is 14.4. The largest absolute Gasteiger partial charge is 0.310 e. The molecule has 0 radical (unpaired) electrons. The molecule has 1 atom stereocenters. The van der Waals surface area contributed by atoms with Crippen LogP contribution in [0.2, 0.25) is 0 Å². The van der Waals surface area contributed by atoms with E-state index in [2.05, 4.69) is 254 Å². The van der Waals surface area contributed by atoms with Crippen molar-refractivity contribution in [2.24, 2.45) is 0 Å². The van der Waals surface area contributed by atoms with Gasteiger partial charge in [-0.3, -0.25) is 0 Å². The topological polar surface area (TPSA) is 6.48 Å². The fourth-order valence-corrected chi connectivity index (χ4v) is 11.7. The zero-order valence-corrected chi connectivity index (χ0v) is 35.8. The Bertz CT molecular complexity index is 3490. The minimum Gasteiger partial charge on any atom is -0.310 e. The normalized spacial score (nSPS) is 15.5. The highest BCUT2D eigenvalue weighted by molar-refractivity contribution is 6.02. The molecule has 10 aromatic carbocycles. The van der Waals surface area contributed by atoms with Gasteiger partial charge in [-0.15, -0.1) is 0 Å². The highest BCUT2D eigenvalue weighted by Crippen LogP contribution is 2.65. The molecule has 0 heterocycles. The van der Waals surface area contributed by atoms with Gasteiger partial charge in [0.25, 0.3) is 0 Å². The van der Waals surface area contributed by atoms with Crippen LogP contribution in [-0.4, -0.2) is 0 Å². The van der Waals surface area contributed by atoms with Gasteiger partial charge in [-0.2, -0.15) is 0 Å². The fraction of sp³-hybridized carbons (Fsp3) is 0.0645. The summed E-state index contributed by atoms with van der Waals surface area (Å²) in [5.74, 6) is 0. The summed E-state index contributed by atoms with van der Waals surface area (Å²) in [6.45, 7) is 4.74. The lowest BCUT2D eigenvalue weighted by Crippen LogP contribution is -2.26. The Morgan fingerprint density at radius 3 is 1.47 bits per heavy atom. The molecule has 2 heteroatoms. The van der Waals surface area contributed by atoms with Crippen LogP contribution in [0.3, 0.4) is 0 Å². The predicted octanol–water partition coefficient (Wildman–Crippen LogP) is 16.4. The lowest BCUT2D eigenvalue weighted by atomic mass is 9.70. The summed E-state index contributed by atoms with van der Waals surface area (Å²) in [6, 6.07) is 85.8. The summed E-state index contributed by atoms with van der Waals surface area (Å²) < 4.78 is 0. The first-order chi connectivity index (χ1) is 31.5. The quantitative estimate of drug-likeness (QED) is 0.165. The number of benzene rings is 10. The van der Waals surface area contributed by atoms with Crippen molar-refractivity contribution in [2.75, 3.05) is 9.80 Å². The van der Waals surface area contributed by atoms with Crippen LogP contribution in [-0.2, 0) is 10.8 Å². The van der Waals surface area contributed by atoms with E-state index in [1.54, 1.807) is 0 Å². The summed E-state index contributed by atoms with van der Waals surface area (Å²) >= 11 is 0. The molecule has 0 N–H and O–H groups in total. The molecule has 0 saturated carbocycles. The summed E-state index contributed by atoms with van der Waals surface area (Å²) in [4.78, 5) is 4.93. The molecule has 1 spiro atoms. The smallest absolute Gasteiger partial charge is 0.0727 e. The van der Waals surface area contributed by atoms with Crippen molar-refractivity contribution in [1.82, 2.24) is 0 Å². The monoisotopic (exact) mass is 816 g/mol. The van der Waals surface area contributed by atoms with E-state index in [0.717, 1.165) is 28.4 Å². The van der Waals surface area contributed by atoms with E-state index < -0.39 is 5.41 Å². The summed E-state index contributed by atoms with van der Waals surface area (Å²) in [5, 5.41) is 2.45. The zero-order chi connectivity index (χ0) is 42.6. The second-order valence-corrected chi connectivity index (χ2v) is 18.0. The van der Waals surface area contributed by atoms with Crippen LogP contribution < -0.4 is 9.80 Å². The van der Waals surface area contributed by atoms with Crippen LogP contribution >= 0.6 is 0 Å². The molecule has 64 heavy (non-hydrogen) atoms. The van der Waals surface area contributed by atoms with E-state index >= 15 is 0 Å². The van der Waals surface area contributed by atoms with Crippen LogP contribution in [0.4, 0.5) is 34.1 Å². The lowest BCUT2D eigenvalue weighted by Gasteiger charge is -2.33. The number of nitrogens with zero attached hydrogens (tertiary/aromatic N) is 2. The van der Waals surface area contributed by atoms with Crippen LogP contribution in [0.25, 0.3) is 44.2 Å². The third-order valence-corrected chi connectivity index (χ3v) is 14.4. The Morgan fingerprint density at radius 1 is 0.281 bits per heavy atom. The van der Waals surface area contributed by atoms with Crippen molar-refractivity contribution in [3.8, 4) is 33.4 Å². The summed E-state index contributed by atoms with van der Waals surface area (Å²) in [7, 11) is 0. The maximum atomic E-state index is 2.50. The molecule has 302 valence electrons. The Kier molecular flexibility index (Phi) is 7.90. The average Bonchev–Trinajstić information content (AvgIpc) is 3.91. The SMILES string of the molecule is CC1(C)c2ccccc2-c2ccc(N(c3ccccc3)c3cccc4c3-c3ccccc3C43c4ccccc4-c4ccc(N(c5ccccc5)c5ccc6ccccc6c5)cc43)cc21. The Morgan fingerprint density at radius 2 is 0.750 bits per heavy atom. The van der Waals surface area contributed by atoms with Crippen LogP contribution in [0.1, 0.15) is 47.2 Å². The highest BCUT2D eigenvalue weighted by Gasteiger charge is 2.53. The molecule has 1 unspecified atom stereocenters. The number of hydrogen-bond acceptors (Lipinski definition) is 2. The molecule has 0 fully saturated rings. The third kappa shape index (κ3) is 5.08. The fourth-order valence-electron chi connectivity index (χ4n) is 11.7. The van der Waals surface area contributed by atoms with Gasteiger partial charge >= 0.3 is 0 Å². The summed E-state index contributed by atoms with van der Waals surface area (Å²) in [6.07, 6.45) is 0. The molecule has 2 nitrogen and oxygen atoms in total. The van der Waals surface area contributed by atoms with Crippen LogP contribution in [0, 0.1) is 0 Å². The van der Waals surface area contributed by atoms with E-state index in [1.165, 1.54) is 83.2 Å². The molecule has 13 rings (SSSR count). The minimum atomic E-state index is -0.556. The molecule has 0 saturated heterocycles.